The van der Waals surface area contributed by atoms with E-state index in [2.05, 4.69) is 90.1 Å². The van der Waals surface area contributed by atoms with Gasteiger partial charge in [-0.3, -0.25) is 0 Å². The Bertz CT molecular complexity index is 859. The predicted octanol–water partition coefficient (Wildman–Crippen LogP) is 13.2. The van der Waals surface area contributed by atoms with Gasteiger partial charge in [0.25, 0.3) is 0 Å². The summed E-state index contributed by atoms with van der Waals surface area (Å²) in [5.74, 6) is 0. The molecule has 0 saturated heterocycles. The number of hydrogen-bond acceptors (Lipinski definition) is 0. The van der Waals surface area contributed by atoms with Crippen LogP contribution < -0.4 is 0 Å². The molecule has 0 bridgehead atoms. The minimum atomic E-state index is -2.38. The molecule has 0 atom stereocenters. The summed E-state index contributed by atoms with van der Waals surface area (Å²) >= 11 is -4.72. The normalized spacial score (nSPS) is 12.2. The fourth-order valence-electron chi connectivity index (χ4n) is 7.27. The summed E-state index contributed by atoms with van der Waals surface area (Å²) < 4.78 is 12.7. The Morgan fingerprint density at radius 3 is 1.23 bits per heavy atom. The van der Waals surface area contributed by atoms with Crippen molar-refractivity contribution in [2.24, 2.45) is 0 Å². The van der Waals surface area contributed by atoms with E-state index in [4.69, 9.17) is 0 Å². The van der Waals surface area contributed by atoms with Crippen molar-refractivity contribution < 1.29 is 0 Å². The maximum atomic E-state index is 2.63. The van der Waals surface area contributed by atoms with Gasteiger partial charge < -0.3 is 0 Å². The topological polar surface area (TPSA) is 0 Å². The molecule has 0 aliphatic rings. The Morgan fingerprint density at radius 1 is 0.425 bits per heavy atom. The number of unbranched alkanes of at least 4 members (excludes halogenated alkanes) is 6. The molecule has 0 aliphatic heterocycles. The van der Waals surface area contributed by atoms with E-state index in [0.717, 1.165) is 0 Å². The monoisotopic (exact) mass is 762 g/mol. The molecule has 40 heavy (non-hydrogen) atoms. The van der Waals surface area contributed by atoms with Crippen molar-refractivity contribution >= 4 is 36.8 Å². The fourth-order valence-corrected chi connectivity index (χ4v) is 40.1. The fraction of sp³-hybridized carbons (Fsp3) is 0.684. The molecular weight excluding hydrogens is 694 g/mol. The number of benzene rings is 2. The molecule has 2 heteroatoms. The van der Waals surface area contributed by atoms with Crippen molar-refractivity contribution in [3.63, 3.8) is 0 Å². The molecular formula is C38H66Sn2. The number of rotatable bonds is 23. The zero-order valence-corrected chi connectivity index (χ0v) is 33.5. The van der Waals surface area contributed by atoms with Crippen LogP contribution in [0.3, 0.4) is 0 Å². The van der Waals surface area contributed by atoms with E-state index in [1.807, 2.05) is 11.1 Å². The Hall–Kier alpha value is 0.0374. The van der Waals surface area contributed by atoms with Crippen molar-refractivity contribution in [1.29, 1.82) is 0 Å². The first-order chi connectivity index (χ1) is 19.5. The summed E-state index contributed by atoms with van der Waals surface area (Å²) in [5, 5.41) is 0. The van der Waals surface area contributed by atoms with E-state index in [9.17, 15) is 0 Å². The third-order valence-corrected chi connectivity index (χ3v) is 40.4. The molecule has 2 rings (SSSR count). The molecule has 0 fully saturated rings. The van der Waals surface area contributed by atoms with Crippen LogP contribution in [0.15, 0.2) is 48.5 Å². The van der Waals surface area contributed by atoms with Crippen molar-refractivity contribution in [2.45, 2.75) is 154 Å². The zero-order valence-electron chi connectivity index (χ0n) is 27.8. The van der Waals surface area contributed by atoms with Crippen LogP contribution >= 0.6 is 0 Å². The van der Waals surface area contributed by atoms with Gasteiger partial charge in [0.05, 0.1) is 0 Å². The average Bonchev–Trinajstić information content (AvgIpc) is 2.99. The van der Waals surface area contributed by atoms with E-state index in [1.54, 1.807) is 32.2 Å². The van der Waals surface area contributed by atoms with Gasteiger partial charge in [0, 0.05) is 0 Å². The second-order valence-corrected chi connectivity index (χ2v) is 41.0. The van der Waals surface area contributed by atoms with E-state index in [0.29, 0.717) is 0 Å². The van der Waals surface area contributed by atoms with Gasteiger partial charge in [-0.15, -0.1) is 0 Å². The molecule has 0 aromatic heterocycles. The molecule has 2 aromatic carbocycles. The summed E-state index contributed by atoms with van der Waals surface area (Å²) in [6.45, 7) is 14.6. The molecule has 2 aromatic rings. The van der Waals surface area contributed by atoms with Gasteiger partial charge in [-0.25, -0.2) is 0 Å². The van der Waals surface area contributed by atoms with Crippen LogP contribution in [0, 0.1) is 0 Å². The van der Waals surface area contributed by atoms with E-state index >= 15 is 0 Å². The Kier molecular flexibility index (Phi) is 18.9. The van der Waals surface area contributed by atoms with Crippen LogP contribution in [0.4, 0.5) is 0 Å². The third kappa shape index (κ3) is 12.0. The second-order valence-electron chi connectivity index (χ2n) is 13.3. The maximum absolute atomic E-state index is 2.63. The average molecular weight is 760 g/mol. The van der Waals surface area contributed by atoms with E-state index in [1.165, 1.54) is 91.5 Å². The van der Waals surface area contributed by atoms with Crippen LogP contribution in [0.2, 0.25) is 26.6 Å². The first-order valence-electron chi connectivity index (χ1n) is 17.7. The van der Waals surface area contributed by atoms with Crippen molar-refractivity contribution in [2.75, 3.05) is 0 Å². The zero-order chi connectivity index (χ0) is 29.1. The van der Waals surface area contributed by atoms with Gasteiger partial charge in [-0.2, -0.15) is 0 Å². The molecule has 226 valence electrons. The molecule has 0 radical (unpaired) electrons. The van der Waals surface area contributed by atoms with E-state index < -0.39 is 36.8 Å². The predicted molar refractivity (Wildman–Crippen MR) is 189 cm³/mol. The summed E-state index contributed by atoms with van der Waals surface area (Å²) in [6, 6.07) is 19.1. The molecule has 0 spiro atoms. The standard InChI is InChI=1S/C14H12.6C4H9.2Sn/c1-11-7-6-10-14(12(11)2)13-8-4-3-5-9-13;6*1-3-4-2;;/h3-10H,1-2H2;6*1,3-4H2,2H3;;. The van der Waals surface area contributed by atoms with E-state index in [-0.39, 0.29) is 0 Å². The summed E-state index contributed by atoms with van der Waals surface area (Å²) in [4.78, 5) is 0. The van der Waals surface area contributed by atoms with Gasteiger partial charge in [0.1, 0.15) is 0 Å². The van der Waals surface area contributed by atoms with Gasteiger partial charge in [0.2, 0.25) is 0 Å². The van der Waals surface area contributed by atoms with Crippen molar-refractivity contribution in [3.8, 4) is 11.1 Å². The Balaban J connectivity index is 2.70. The van der Waals surface area contributed by atoms with Crippen molar-refractivity contribution in [3.05, 3.63) is 59.7 Å². The van der Waals surface area contributed by atoms with Gasteiger partial charge >= 0.3 is 262 Å². The molecule has 0 unspecified atom stereocenters. The van der Waals surface area contributed by atoms with Crippen LogP contribution in [0.1, 0.15) is 130 Å². The van der Waals surface area contributed by atoms with Crippen LogP contribution in [-0.2, 0) is 8.87 Å². The van der Waals surface area contributed by atoms with Crippen LogP contribution in [-0.4, -0.2) is 36.8 Å². The third-order valence-electron chi connectivity index (χ3n) is 9.84. The van der Waals surface area contributed by atoms with Crippen LogP contribution in [0.5, 0.6) is 0 Å². The second kappa shape index (κ2) is 20.9. The molecule has 0 aliphatic carbocycles. The summed E-state index contributed by atoms with van der Waals surface area (Å²) in [5.41, 5.74) is 6.74. The number of hydrogen-bond donors (Lipinski definition) is 0. The Morgan fingerprint density at radius 2 is 0.825 bits per heavy atom. The summed E-state index contributed by atoms with van der Waals surface area (Å²) in [6.07, 6.45) is 17.1. The van der Waals surface area contributed by atoms with Gasteiger partial charge in [-0.1, -0.05) is 0 Å². The van der Waals surface area contributed by atoms with Gasteiger partial charge in [-0.05, 0) is 0 Å². The first-order valence-corrected chi connectivity index (χ1v) is 33.8. The Labute approximate surface area is 259 Å². The molecule has 0 saturated carbocycles. The first kappa shape index (κ1) is 36.2. The molecule has 0 N–H and O–H groups in total. The SMILES string of the molecule is CCC[CH2][Sn]([CH2]CCC)([CH2]CCC)[CH2]c1cccc(-c2ccccc2)c1[CH2][Sn]([CH2]CCC)([CH2]CCC)[CH2]CCC. The van der Waals surface area contributed by atoms with Crippen molar-refractivity contribution in [1.82, 2.24) is 0 Å². The van der Waals surface area contributed by atoms with Crippen LogP contribution in [0.25, 0.3) is 11.1 Å². The minimum absolute atomic E-state index is 1.37. The molecule has 0 nitrogen and oxygen atoms in total. The molecule has 0 heterocycles. The van der Waals surface area contributed by atoms with Gasteiger partial charge in [0.15, 0.2) is 0 Å². The quantitative estimate of drug-likeness (QED) is 0.0990. The summed E-state index contributed by atoms with van der Waals surface area (Å²) in [7, 11) is 0. The molecule has 0 amide bonds.